The summed E-state index contributed by atoms with van der Waals surface area (Å²) in [7, 11) is 0. The lowest BCUT2D eigenvalue weighted by Crippen LogP contribution is -2.48. The number of nitrogens with zero attached hydrogens (tertiary/aromatic N) is 1. The zero-order valence-corrected chi connectivity index (χ0v) is 12.7. The SMILES string of the molecule is C[C@H]1CO[C@H](CO)CN1Cc1cc(Br)c(Cl)s1. The molecule has 0 radical (unpaired) electrons. The van der Waals surface area contributed by atoms with Crippen LogP contribution in [0.1, 0.15) is 11.8 Å². The monoisotopic (exact) mass is 339 g/mol. The minimum absolute atomic E-state index is 0.0647. The molecule has 0 spiro atoms. The van der Waals surface area contributed by atoms with Gasteiger partial charge in [-0.25, -0.2) is 0 Å². The van der Waals surface area contributed by atoms with Crippen molar-refractivity contribution in [1.82, 2.24) is 4.90 Å². The van der Waals surface area contributed by atoms with Crippen LogP contribution in [0.15, 0.2) is 10.5 Å². The second kappa shape index (κ2) is 5.99. The van der Waals surface area contributed by atoms with Crippen molar-refractivity contribution >= 4 is 38.9 Å². The lowest BCUT2D eigenvalue weighted by atomic mass is 10.2. The third-order valence-electron chi connectivity index (χ3n) is 2.89. The van der Waals surface area contributed by atoms with Gasteiger partial charge in [0.1, 0.15) is 4.34 Å². The van der Waals surface area contributed by atoms with Gasteiger partial charge in [-0.15, -0.1) is 11.3 Å². The Morgan fingerprint density at radius 1 is 1.71 bits per heavy atom. The molecule has 1 saturated heterocycles. The molecule has 0 amide bonds. The summed E-state index contributed by atoms with van der Waals surface area (Å²) in [5, 5.41) is 9.13. The molecular weight excluding hydrogens is 326 g/mol. The second-order valence-corrected chi connectivity index (χ2v) is 6.84. The Kier molecular flexibility index (Phi) is 4.86. The Bertz CT molecular complexity index is 368. The zero-order valence-electron chi connectivity index (χ0n) is 9.53. The minimum Gasteiger partial charge on any atom is -0.394 e. The van der Waals surface area contributed by atoms with Crippen LogP contribution >= 0.6 is 38.9 Å². The first kappa shape index (κ1) is 13.8. The molecule has 2 atom stereocenters. The largest absolute Gasteiger partial charge is 0.394 e. The number of hydrogen-bond acceptors (Lipinski definition) is 4. The number of aliphatic hydroxyl groups excluding tert-OH is 1. The van der Waals surface area contributed by atoms with Crippen molar-refractivity contribution in [2.45, 2.75) is 25.6 Å². The smallest absolute Gasteiger partial charge is 0.107 e. The normalized spacial score (nSPS) is 26.4. The van der Waals surface area contributed by atoms with Crippen LogP contribution in [0.5, 0.6) is 0 Å². The van der Waals surface area contributed by atoms with Gasteiger partial charge in [-0.05, 0) is 28.9 Å². The van der Waals surface area contributed by atoms with Gasteiger partial charge in [-0.3, -0.25) is 4.90 Å². The fourth-order valence-electron chi connectivity index (χ4n) is 1.88. The summed E-state index contributed by atoms with van der Waals surface area (Å²) in [6.07, 6.45) is -0.0647. The number of morpholine rings is 1. The topological polar surface area (TPSA) is 32.7 Å². The van der Waals surface area contributed by atoms with Crippen LogP contribution in [0.2, 0.25) is 4.34 Å². The van der Waals surface area contributed by atoms with Gasteiger partial charge in [0.05, 0.1) is 19.3 Å². The van der Waals surface area contributed by atoms with E-state index < -0.39 is 0 Å². The van der Waals surface area contributed by atoms with Gasteiger partial charge < -0.3 is 9.84 Å². The molecule has 1 aromatic heterocycles. The predicted octanol–water partition coefficient (Wildman–Crippen LogP) is 2.75. The van der Waals surface area contributed by atoms with E-state index in [-0.39, 0.29) is 12.7 Å². The maximum atomic E-state index is 9.13. The number of aliphatic hydroxyl groups is 1. The van der Waals surface area contributed by atoms with Crippen molar-refractivity contribution in [3.63, 3.8) is 0 Å². The van der Waals surface area contributed by atoms with Gasteiger partial charge in [-0.2, -0.15) is 0 Å². The van der Waals surface area contributed by atoms with Gasteiger partial charge in [-0.1, -0.05) is 11.6 Å². The fraction of sp³-hybridized carbons (Fsp3) is 0.636. The molecule has 17 heavy (non-hydrogen) atoms. The average molecular weight is 341 g/mol. The third kappa shape index (κ3) is 3.43. The molecule has 0 saturated carbocycles. The van der Waals surface area contributed by atoms with Crippen molar-refractivity contribution in [3.05, 3.63) is 19.8 Å². The van der Waals surface area contributed by atoms with Crippen LogP contribution in [0.25, 0.3) is 0 Å². The van der Waals surface area contributed by atoms with E-state index in [4.69, 9.17) is 21.4 Å². The summed E-state index contributed by atoms with van der Waals surface area (Å²) >= 11 is 11.0. The van der Waals surface area contributed by atoms with E-state index in [9.17, 15) is 0 Å². The molecule has 1 N–H and O–H groups in total. The van der Waals surface area contributed by atoms with E-state index in [1.165, 1.54) is 4.88 Å². The van der Waals surface area contributed by atoms with Gasteiger partial charge in [0.25, 0.3) is 0 Å². The van der Waals surface area contributed by atoms with Crippen molar-refractivity contribution in [2.24, 2.45) is 0 Å². The van der Waals surface area contributed by atoms with Gasteiger partial charge in [0.2, 0.25) is 0 Å². The maximum Gasteiger partial charge on any atom is 0.107 e. The summed E-state index contributed by atoms with van der Waals surface area (Å²) in [4.78, 5) is 3.55. The van der Waals surface area contributed by atoms with Gasteiger partial charge in [0.15, 0.2) is 0 Å². The zero-order chi connectivity index (χ0) is 12.4. The molecule has 2 rings (SSSR count). The number of hydrogen-bond donors (Lipinski definition) is 1. The van der Waals surface area contributed by atoms with E-state index in [1.54, 1.807) is 11.3 Å². The van der Waals surface area contributed by atoms with E-state index in [2.05, 4.69) is 33.8 Å². The van der Waals surface area contributed by atoms with Crippen LogP contribution in [0.3, 0.4) is 0 Å². The van der Waals surface area contributed by atoms with E-state index >= 15 is 0 Å². The summed E-state index contributed by atoms with van der Waals surface area (Å²) in [5.41, 5.74) is 0. The van der Waals surface area contributed by atoms with Crippen molar-refractivity contribution < 1.29 is 9.84 Å². The summed E-state index contributed by atoms with van der Waals surface area (Å²) in [5.74, 6) is 0. The molecule has 1 fully saturated rings. The number of thiophene rings is 1. The lowest BCUT2D eigenvalue weighted by molar-refractivity contribution is -0.0802. The summed E-state index contributed by atoms with van der Waals surface area (Å²) < 4.78 is 7.26. The summed E-state index contributed by atoms with van der Waals surface area (Å²) in [6.45, 7) is 4.52. The van der Waals surface area contributed by atoms with Crippen LogP contribution in [0.4, 0.5) is 0 Å². The number of halogens is 2. The lowest BCUT2D eigenvalue weighted by Gasteiger charge is -2.37. The quantitative estimate of drug-likeness (QED) is 0.918. The van der Waals surface area contributed by atoms with E-state index in [0.717, 1.165) is 21.9 Å². The molecule has 3 nitrogen and oxygen atoms in total. The molecule has 0 unspecified atom stereocenters. The van der Waals surface area contributed by atoms with Crippen LogP contribution in [-0.2, 0) is 11.3 Å². The Morgan fingerprint density at radius 3 is 3.06 bits per heavy atom. The summed E-state index contributed by atoms with van der Waals surface area (Å²) in [6, 6.07) is 2.43. The highest BCUT2D eigenvalue weighted by Crippen LogP contribution is 2.33. The van der Waals surface area contributed by atoms with Crippen molar-refractivity contribution in [3.8, 4) is 0 Å². The van der Waals surface area contributed by atoms with Crippen LogP contribution in [-0.4, -0.2) is 41.9 Å². The standard InChI is InChI=1S/C11H15BrClNO2S/c1-7-6-16-8(5-15)3-14(7)4-9-2-10(12)11(13)17-9/h2,7-8,15H,3-6H2,1H3/t7-,8-/m0/s1. The molecule has 0 aliphatic carbocycles. The highest BCUT2D eigenvalue weighted by Gasteiger charge is 2.26. The highest BCUT2D eigenvalue weighted by atomic mass is 79.9. The van der Waals surface area contributed by atoms with Crippen molar-refractivity contribution in [1.29, 1.82) is 0 Å². The Morgan fingerprint density at radius 2 is 2.47 bits per heavy atom. The second-order valence-electron chi connectivity index (χ2n) is 4.25. The molecule has 6 heteroatoms. The Hall–Kier alpha value is 0.350. The molecule has 1 aliphatic heterocycles. The molecule has 0 bridgehead atoms. The first-order valence-corrected chi connectivity index (χ1v) is 7.49. The Labute approximate surface area is 118 Å². The molecule has 2 heterocycles. The number of ether oxygens (including phenoxy) is 1. The van der Waals surface area contributed by atoms with Crippen molar-refractivity contribution in [2.75, 3.05) is 19.8 Å². The highest BCUT2D eigenvalue weighted by molar-refractivity contribution is 9.10. The van der Waals surface area contributed by atoms with Gasteiger partial charge >= 0.3 is 0 Å². The predicted molar refractivity (Wildman–Crippen MR) is 73.7 cm³/mol. The van der Waals surface area contributed by atoms with Crippen LogP contribution in [0, 0.1) is 0 Å². The first-order valence-electron chi connectivity index (χ1n) is 5.50. The fourth-order valence-corrected chi connectivity index (χ4v) is 3.69. The van der Waals surface area contributed by atoms with E-state index in [0.29, 0.717) is 12.6 Å². The first-order chi connectivity index (χ1) is 8.10. The number of rotatable bonds is 3. The molecular formula is C11H15BrClNO2S. The van der Waals surface area contributed by atoms with E-state index in [1.807, 2.05) is 0 Å². The molecule has 1 aliphatic rings. The van der Waals surface area contributed by atoms with Gasteiger partial charge in [0, 0.05) is 28.5 Å². The maximum absolute atomic E-state index is 9.13. The Balaban J connectivity index is 2.01. The van der Waals surface area contributed by atoms with Crippen LogP contribution < -0.4 is 0 Å². The molecule has 1 aromatic rings. The molecule has 96 valence electrons. The third-order valence-corrected chi connectivity index (χ3v) is 5.35. The minimum atomic E-state index is -0.0647. The average Bonchev–Trinajstić information content (AvgIpc) is 2.61. The molecule has 0 aromatic carbocycles.